The zero-order chi connectivity index (χ0) is 16.9. The van der Waals surface area contributed by atoms with Crippen molar-refractivity contribution < 1.29 is 23.4 Å². The van der Waals surface area contributed by atoms with Gasteiger partial charge in [0.05, 0.1) is 32.3 Å². The lowest BCUT2D eigenvalue weighted by atomic mass is 9.82. The lowest BCUT2D eigenvalue weighted by Gasteiger charge is -2.43. The van der Waals surface area contributed by atoms with Crippen LogP contribution in [-0.4, -0.2) is 44.1 Å². The first-order chi connectivity index (χ1) is 11.6. The molecule has 1 atom stereocenters. The molecule has 127 valence electrons. The van der Waals surface area contributed by atoms with Crippen LogP contribution in [0, 0.1) is 6.54 Å². The Balaban J connectivity index is 1.91. The van der Waals surface area contributed by atoms with E-state index in [4.69, 9.17) is 18.6 Å². The molecule has 2 aliphatic rings. The summed E-state index contributed by atoms with van der Waals surface area (Å²) in [6.45, 7) is 2.93. The molecule has 1 fully saturated rings. The van der Waals surface area contributed by atoms with E-state index in [2.05, 4.69) is 11.4 Å². The summed E-state index contributed by atoms with van der Waals surface area (Å²) in [5, 5.41) is 0.718. The van der Waals surface area contributed by atoms with Crippen molar-refractivity contribution in [3.05, 3.63) is 24.4 Å². The standard InChI is InChI=1S/C18H20NO5/c1-19-7-5-18(6-8-19)10-12(20)13-14(21-2)11-4-9-23-15(11)17(22-3)16(13)24-18/h4,7,9H,5-6,8,10H2,1-3H3. The molecule has 1 saturated heterocycles. The number of furan rings is 1. The molecule has 0 bridgehead atoms. The molecule has 0 amide bonds. The van der Waals surface area contributed by atoms with Crippen LogP contribution in [0.15, 0.2) is 16.7 Å². The fourth-order valence-corrected chi connectivity index (χ4v) is 3.65. The number of likely N-dealkylation sites (tertiary alicyclic amines) is 1. The summed E-state index contributed by atoms with van der Waals surface area (Å²) in [6, 6.07) is 1.78. The Morgan fingerprint density at radius 2 is 2.04 bits per heavy atom. The highest BCUT2D eigenvalue weighted by Crippen LogP contribution is 2.52. The van der Waals surface area contributed by atoms with Crippen LogP contribution in [0.4, 0.5) is 0 Å². The fraction of sp³-hybridized carbons (Fsp3) is 0.444. The number of fused-ring (bicyclic) bond motifs is 2. The van der Waals surface area contributed by atoms with Gasteiger partial charge in [0.2, 0.25) is 5.75 Å². The Bertz CT molecular complexity index is 801. The zero-order valence-electron chi connectivity index (χ0n) is 14.0. The van der Waals surface area contributed by atoms with Crippen LogP contribution in [0.2, 0.25) is 0 Å². The summed E-state index contributed by atoms with van der Waals surface area (Å²) in [6.07, 6.45) is 3.38. The number of ether oxygens (including phenoxy) is 3. The van der Waals surface area contributed by atoms with Crippen molar-refractivity contribution in [1.82, 2.24) is 4.90 Å². The molecular weight excluding hydrogens is 310 g/mol. The van der Waals surface area contributed by atoms with Crippen molar-refractivity contribution in [2.45, 2.75) is 24.9 Å². The topological polar surface area (TPSA) is 61.1 Å². The zero-order valence-corrected chi connectivity index (χ0v) is 14.0. The molecule has 6 nitrogen and oxygen atoms in total. The summed E-state index contributed by atoms with van der Waals surface area (Å²) in [5.41, 5.74) is 0.470. The first-order valence-corrected chi connectivity index (χ1v) is 7.99. The quantitative estimate of drug-likeness (QED) is 0.843. The highest BCUT2D eigenvalue weighted by Gasteiger charge is 2.46. The van der Waals surface area contributed by atoms with Crippen LogP contribution in [0.5, 0.6) is 17.2 Å². The van der Waals surface area contributed by atoms with E-state index in [1.54, 1.807) is 26.5 Å². The largest absolute Gasteiger partial charge is 0.495 e. The van der Waals surface area contributed by atoms with Crippen molar-refractivity contribution in [1.29, 1.82) is 0 Å². The van der Waals surface area contributed by atoms with Crippen LogP contribution < -0.4 is 14.2 Å². The third-order valence-electron chi connectivity index (χ3n) is 4.96. The van der Waals surface area contributed by atoms with Crippen molar-refractivity contribution in [3.63, 3.8) is 0 Å². The molecule has 24 heavy (non-hydrogen) atoms. The van der Waals surface area contributed by atoms with Gasteiger partial charge in [-0.2, -0.15) is 0 Å². The van der Waals surface area contributed by atoms with E-state index in [1.807, 2.05) is 7.05 Å². The highest BCUT2D eigenvalue weighted by molar-refractivity contribution is 6.10. The van der Waals surface area contributed by atoms with Crippen molar-refractivity contribution in [2.24, 2.45) is 0 Å². The maximum Gasteiger partial charge on any atom is 0.205 e. The van der Waals surface area contributed by atoms with Gasteiger partial charge in [0.25, 0.3) is 0 Å². The highest BCUT2D eigenvalue weighted by atomic mass is 16.5. The molecule has 0 N–H and O–H groups in total. The molecule has 3 heterocycles. The third-order valence-corrected chi connectivity index (χ3v) is 4.96. The Labute approximate surface area is 140 Å². The first-order valence-electron chi connectivity index (χ1n) is 7.99. The summed E-state index contributed by atoms with van der Waals surface area (Å²) >= 11 is 0. The Morgan fingerprint density at radius 3 is 2.71 bits per heavy atom. The summed E-state index contributed by atoms with van der Waals surface area (Å²) < 4.78 is 23.0. The number of rotatable bonds is 2. The number of Topliss-reactive ketones (excluding diaryl/α,β-unsaturated/α-hetero) is 1. The summed E-state index contributed by atoms with van der Waals surface area (Å²) in [7, 11) is 5.14. The molecule has 1 unspecified atom stereocenters. The summed E-state index contributed by atoms with van der Waals surface area (Å²) in [5.74, 6) is 1.40. The molecule has 6 heteroatoms. The van der Waals surface area contributed by atoms with Crippen molar-refractivity contribution in [3.8, 4) is 17.2 Å². The first kappa shape index (κ1) is 15.3. The number of benzene rings is 1. The molecule has 0 saturated carbocycles. The molecule has 1 aromatic heterocycles. The normalized spacial score (nSPS) is 20.0. The monoisotopic (exact) mass is 330 g/mol. The molecule has 2 aliphatic heterocycles. The van der Waals surface area contributed by atoms with Crippen LogP contribution in [0.1, 0.15) is 29.6 Å². The minimum absolute atomic E-state index is 0.0208. The lowest BCUT2D eigenvalue weighted by Crippen LogP contribution is -2.48. The Morgan fingerprint density at radius 1 is 1.25 bits per heavy atom. The SMILES string of the molecule is COc1c2c(c(OC)c3occc13)OC1(C[CH]N(C)CC1)CC2=O. The lowest BCUT2D eigenvalue weighted by molar-refractivity contribution is 0.00716. The van der Waals surface area contributed by atoms with Gasteiger partial charge in [-0.3, -0.25) is 4.79 Å². The molecular formula is C18H20NO5. The van der Waals surface area contributed by atoms with Gasteiger partial charge in [-0.1, -0.05) is 0 Å². The van der Waals surface area contributed by atoms with Gasteiger partial charge in [0.1, 0.15) is 16.9 Å². The minimum Gasteiger partial charge on any atom is -0.495 e. The molecule has 2 aromatic rings. The van der Waals surface area contributed by atoms with E-state index < -0.39 is 5.60 Å². The predicted molar refractivity (Wildman–Crippen MR) is 87.8 cm³/mol. The third kappa shape index (κ3) is 2.09. The van der Waals surface area contributed by atoms with Gasteiger partial charge >= 0.3 is 0 Å². The molecule has 1 radical (unpaired) electrons. The average Bonchev–Trinajstić information content (AvgIpc) is 3.05. The molecule has 1 spiro atoms. The van der Waals surface area contributed by atoms with Crippen LogP contribution in [-0.2, 0) is 0 Å². The number of ketones is 1. The number of piperidine rings is 1. The van der Waals surface area contributed by atoms with Gasteiger partial charge in [-0.05, 0) is 13.1 Å². The number of methoxy groups -OCH3 is 2. The summed E-state index contributed by atoms with van der Waals surface area (Å²) in [4.78, 5) is 15.1. The molecule has 0 aliphatic carbocycles. The van der Waals surface area contributed by atoms with Crippen LogP contribution in [0.3, 0.4) is 0 Å². The van der Waals surface area contributed by atoms with Crippen LogP contribution in [0.25, 0.3) is 11.0 Å². The number of carbonyl (C=O) groups is 1. The number of carbonyl (C=O) groups excluding carboxylic acids is 1. The van der Waals surface area contributed by atoms with Crippen molar-refractivity contribution in [2.75, 3.05) is 27.8 Å². The average molecular weight is 330 g/mol. The van der Waals surface area contributed by atoms with E-state index in [9.17, 15) is 4.79 Å². The maximum atomic E-state index is 13.0. The van der Waals surface area contributed by atoms with Gasteiger partial charge < -0.3 is 23.5 Å². The number of hydrogen-bond donors (Lipinski definition) is 0. The minimum atomic E-state index is -0.519. The molecule has 1 aromatic carbocycles. The Hall–Kier alpha value is -2.21. The Kier molecular flexibility index (Phi) is 3.46. The van der Waals surface area contributed by atoms with Gasteiger partial charge in [0.15, 0.2) is 17.1 Å². The molecule has 4 rings (SSSR count). The second-order valence-corrected chi connectivity index (χ2v) is 6.44. The second kappa shape index (κ2) is 5.41. The van der Waals surface area contributed by atoms with E-state index in [0.717, 1.165) is 18.4 Å². The predicted octanol–water partition coefficient (Wildman–Crippen LogP) is 3.04. The van der Waals surface area contributed by atoms with E-state index >= 15 is 0 Å². The van der Waals surface area contributed by atoms with E-state index in [-0.39, 0.29) is 5.78 Å². The van der Waals surface area contributed by atoms with E-state index in [1.165, 1.54) is 0 Å². The number of hydrogen-bond acceptors (Lipinski definition) is 6. The fourth-order valence-electron chi connectivity index (χ4n) is 3.65. The van der Waals surface area contributed by atoms with Gasteiger partial charge in [0, 0.05) is 25.9 Å². The van der Waals surface area contributed by atoms with Crippen LogP contribution >= 0.6 is 0 Å². The maximum absolute atomic E-state index is 13.0. The van der Waals surface area contributed by atoms with Crippen molar-refractivity contribution >= 4 is 16.8 Å². The van der Waals surface area contributed by atoms with Gasteiger partial charge in [-0.25, -0.2) is 0 Å². The second-order valence-electron chi connectivity index (χ2n) is 6.44. The van der Waals surface area contributed by atoms with Gasteiger partial charge in [-0.15, -0.1) is 0 Å². The number of nitrogens with zero attached hydrogens (tertiary/aromatic N) is 1. The van der Waals surface area contributed by atoms with E-state index in [0.29, 0.717) is 41.2 Å². The smallest absolute Gasteiger partial charge is 0.205 e.